The molecule has 2 aromatic carbocycles. The Kier molecular flexibility index (Phi) is 5.38. The number of hydrogen-bond acceptors (Lipinski definition) is 4. The van der Waals surface area contributed by atoms with Crippen LogP contribution in [0.2, 0.25) is 0 Å². The number of halogens is 1. The van der Waals surface area contributed by atoms with Crippen LogP contribution in [0.3, 0.4) is 0 Å². The fourth-order valence-electron chi connectivity index (χ4n) is 2.25. The normalized spacial score (nSPS) is 10.2. The van der Waals surface area contributed by atoms with E-state index in [4.69, 9.17) is 9.15 Å². The number of carbonyl (C=O) groups is 2. The van der Waals surface area contributed by atoms with Gasteiger partial charge in [-0.15, -0.1) is 0 Å². The van der Waals surface area contributed by atoms with Crippen molar-refractivity contribution in [1.82, 2.24) is 0 Å². The Balaban J connectivity index is 1.85. The van der Waals surface area contributed by atoms with E-state index in [1.807, 2.05) is 0 Å². The van der Waals surface area contributed by atoms with E-state index in [0.29, 0.717) is 22.7 Å². The number of anilines is 2. The highest BCUT2D eigenvalue weighted by molar-refractivity contribution is 9.10. The van der Waals surface area contributed by atoms with E-state index in [1.54, 1.807) is 54.6 Å². The number of methoxy groups -OCH3 is 1. The fraction of sp³-hybridized carbons (Fsp3) is 0.0526. The SMILES string of the molecule is COc1ccc(NC(=O)c2ccc(Br)cc2)c(NC(=O)c2ccco2)c1. The van der Waals surface area contributed by atoms with E-state index in [2.05, 4.69) is 26.6 Å². The monoisotopic (exact) mass is 414 g/mol. The van der Waals surface area contributed by atoms with E-state index < -0.39 is 5.91 Å². The Labute approximate surface area is 158 Å². The van der Waals surface area contributed by atoms with Gasteiger partial charge in [0.2, 0.25) is 0 Å². The topological polar surface area (TPSA) is 80.6 Å². The molecule has 7 heteroatoms. The third-order valence-electron chi connectivity index (χ3n) is 3.57. The van der Waals surface area contributed by atoms with Crippen LogP contribution in [0.15, 0.2) is 69.8 Å². The summed E-state index contributed by atoms with van der Waals surface area (Å²) in [5.74, 6) is -0.0158. The van der Waals surface area contributed by atoms with Gasteiger partial charge in [0, 0.05) is 16.1 Å². The van der Waals surface area contributed by atoms with Crippen LogP contribution in [-0.2, 0) is 0 Å². The molecule has 0 spiro atoms. The lowest BCUT2D eigenvalue weighted by atomic mass is 10.2. The van der Waals surface area contributed by atoms with Gasteiger partial charge in [0.25, 0.3) is 11.8 Å². The summed E-state index contributed by atoms with van der Waals surface area (Å²) < 4.78 is 11.2. The Bertz CT molecular complexity index is 921. The number of ether oxygens (including phenoxy) is 1. The number of rotatable bonds is 5. The van der Waals surface area contributed by atoms with Crippen molar-refractivity contribution >= 4 is 39.1 Å². The molecule has 0 atom stereocenters. The molecule has 2 N–H and O–H groups in total. The van der Waals surface area contributed by atoms with Crippen molar-refractivity contribution in [1.29, 1.82) is 0 Å². The quantitative estimate of drug-likeness (QED) is 0.641. The summed E-state index contributed by atoms with van der Waals surface area (Å²) >= 11 is 3.33. The Hall–Kier alpha value is -3.06. The van der Waals surface area contributed by atoms with E-state index in [1.165, 1.54) is 13.4 Å². The molecule has 132 valence electrons. The third-order valence-corrected chi connectivity index (χ3v) is 4.10. The number of amides is 2. The van der Waals surface area contributed by atoms with Crippen molar-refractivity contribution in [3.63, 3.8) is 0 Å². The average Bonchev–Trinajstić information content (AvgIpc) is 3.18. The van der Waals surface area contributed by atoms with Crippen molar-refractivity contribution in [3.05, 3.63) is 76.7 Å². The number of furan rings is 1. The maximum atomic E-state index is 12.5. The summed E-state index contributed by atoms with van der Waals surface area (Å²) in [6.45, 7) is 0. The summed E-state index contributed by atoms with van der Waals surface area (Å²) in [4.78, 5) is 24.7. The molecule has 2 amide bonds. The number of nitrogens with one attached hydrogen (secondary N) is 2. The first-order valence-corrected chi connectivity index (χ1v) is 8.46. The van der Waals surface area contributed by atoms with Gasteiger partial charge in [-0.05, 0) is 48.5 Å². The molecule has 1 heterocycles. The van der Waals surface area contributed by atoms with Crippen LogP contribution < -0.4 is 15.4 Å². The molecule has 6 nitrogen and oxygen atoms in total. The van der Waals surface area contributed by atoms with E-state index in [9.17, 15) is 9.59 Å². The molecule has 1 aromatic heterocycles. The van der Waals surface area contributed by atoms with Crippen LogP contribution in [0, 0.1) is 0 Å². The highest BCUT2D eigenvalue weighted by Gasteiger charge is 2.15. The van der Waals surface area contributed by atoms with Crippen LogP contribution in [0.5, 0.6) is 5.75 Å². The van der Waals surface area contributed by atoms with E-state index >= 15 is 0 Å². The molecular weight excluding hydrogens is 400 g/mol. The molecule has 0 aliphatic carbocycles. The summed E-state index contributed by atoms with van der Waals surface area (Å²) in [5.41, 5.74) is 1.34. The first kappa shape index (κ1) is 17.8. The number of benzene rings is 2. The van der Waals surface area contributed by atoms with Gasteiger partial charge in [0.05, 0.1) is 24.7 Å². The highest BCUT2D eigenvalue weighted by atomic mass is 79.9. The lowest BCUT2D eigenvalue weighted by Crippen LogP contribution is -2.16. The lowest BCUT2D eigenvalue weighted by Gasteiger charge is -2.13. The maximum Gasteiger partial charge on any atom is 0.291 e. The molecule has 3 aromatic rings. The molecule has 0 unspecified atom stereocenters. The molecule has 0 saturated carbocycles. The molecule has 3 rings (SSSR count). The minimum atomic E-state index is -0.428. The van der Waals surface area contributed by atoms with Crippen LogP contribution in [0.25, 0.3) is 0 Å². The van der Waals surface area contributed by atoms with Gasteiger partial charge < -0.3 is 19.8 Å². The summed E-state index contributed by atoms with van der Waals surface area (Å²) in [5, 5.41) is 5.51. The van der Waals surface area contributed by atoms with Crippen LogP contribution >= 0.6 is 15.9 Å². The zero-order valence-electron chi connectivity index (χ0n) is 13.8. The molecule has 26 heavy (non-hydrogen) atoms. The molecule has 0 fully saturated rings. The van der Waals surface area contributed by atoms with Gasteiger partial charge in [-0.1, -0.05) is 15.9 Å². The van der Waals surface area contributed by atoms with Gasteiger partial charge in [-0.2, -0.15) is 0 Å². The van der Waals surface area contributed by atoms with Gasteiger partial charge >= 0.3 is 0 Å². The van der Waals surface area contributed by atoms with Crippen LogP contribution in [0.4, 0.5) is 11.4 Å². The van der Waals surface area contributed by atoms with Crippen molar-refractivity contribution in [3.8, 4) is 5.75 Å². The zero-order chi connectivity index (χ0) is 18.5. The number of carbonyl (C=O) groups excluding carboxylic acids is 2. The summed E-state index contributed by atoms with van der Waals surface area (Å²) in [6, 6.07) is 15.1. The summed E-state index contributed by atoms with van der Waals surface area (Å²) in [7, 11) is 1.52. The highest BCUT2D eigenvalue weighted by Crippen LogP contribution is 2.28. The molecular formula is C19H15BrN2O4. The van der Waals surface area contributed by atoms with Gasteiger partial charge in [-0.3, -0.25) is 9.59 Å². The van der Waals surface area contributed by atoms with E-state index in [-0.39, 0.29) is 11.7 Å². The van der Waals surface area contributed by atoms with Crippen molar-refractivity contribution < 1.29 is 18.7 Å². The van der Waals surface area contributed by atoms with Gasteiger partial charge in [0.15, 0.2) is 5.76 Å². The predicted molar refractivity (Wildman–Crippen MR) is 102 cm³/mol. The van der Waals surface area contributed by atoms with Gasteiger partial charge in [0.1, 0.15) is 5.75 Å². The second-order valence-electron chi connectivity index (χ2n) is 5.30. The molecule has 0 aliphatic rings. The number of hydrogen-bond donors (Lipinski definition) is 2. The molecule has 0 bridgehead atoms. The van der Waals surface area contributed by atoms with Crippen molar-refractivity contribution in [2.24, 2.45) is 0 Å². The van der Waals surface area contributed by atoms with Crippen LogP contribution in [0.1, 0.15) is 20.9 Å². The van der Waals surface area contributed by atoms with Crippen molar-refractivity contribution in [2.75, 3.05) is 17.7 Å². The second-order valence-corrected chi connectivity index (χ2v) is 6.22. The Morgan fingerprint density at radius 2 is 1.69 bits per heavy atom. The largest absolute Gasteiger partial charge is 0.497 e. The van der Waals surface area contributed by atoms with E-state index in [0.717, 1.165) is 4.47 Å². The second kappa shape index (κ2) is 7.88. The fourth-order valence-corrected chi connectivity index (χ4v) is 2.51. The first-order chi connectivity index (χ1) is 12.6. The average molecular weight is 415 g/mol. The molecule has 0 aliphatic heterocycles. The predicted octanol–water partition coefficient (Wildman–Crippen LogP) is 4.56. The minimum Gasteiger partial charge on any atom is -0.497 e. The Morgan fingerprint density at radius 1 is 0.962 bits per heavy atom. The third kappa shape index (κ3) is 4.12. The molecule has 0 saturated heterocycles. The van der Waals surface area contributed by atoms with Crippen LogP contribution in [-0.4, -0.2) is 18.9 Å². The van der Waals surface area contributed by atoms with Gasteiger partial charge in [-0.25, -0.2) is 0 Å². The minimum absolute atomic E-state index is 0.165. The lowest BCUT2D eigenvalue weighted by molar-refractivity contribution is 0.0993. The maximum absolute atomic E-state index is 12.5. The zero-order valence-corrected chi connectivity index (χ0v) is 15.4. The standard InChI is InChI=1S/C19H15BrN2O4/c1-25-14-8-9-15(21-18(23)12-4-6-13(20)7-5-12)16(11-14)22-19(24)17-3-2-10-26-17/h2-11H,1H3,(H,21,23)(H,22,24). The summed E-state index contributed by atoms with van der Waals surface area (Å²) in [6.07, 6.45) is 1.41. The Morgan fingerprint density at radius 3 is 2.35 bits per heavy atom. The van der Waals surface area contributed by atoms with Crippen molar-refractivity contribution in [2.45, 2.75) is 0 Å². The smallest absolute Gasteiger partial charge is 0.291 e. The molecule has 0 radical (unpaired) electrons. The first-order valence-electron chi connectivity index (χ1n) is 7.66.